The Morgan fingerprint density at radius 3 is 2.73 bits per heavy atom. The fraction of sp³-hybridized carbons (Fsp3) is 0.167. The first-order valence-corrected chi connectivity index (χ1v) is 4.79. The van der Waals surface area contributed by atoms with Gasteiger partial charge in [0.15, 0.2) is 6.29 Å². The molecule has 0 fully saturated rings. The van der Waals surface area contributed by atoms with Crippen molar-refractivity contribution in [2.75, 3.05) is 0 Å². The predicted molar refractivity (Wildman–Crippen MR) is 58.4 cm³/mol. The topological polar surface area (TPSA) is 34.9 Å². The van der Waals surface area contributed by atoms with Crippen LogP contribution >= 0.6 is 0 Å². The molecule has 0 atom stereocenters. The third-order valence-electron chi connectivity index (χ3n) is 2.38. The van der Waals surface area contributed by atoms with E-state index in [1.54, 1.807) is 10.9 Å². The summed E-state index contributed by atoms with van der Waals surface area (Å²) in [5.41, 5.74) is 3.65. The number of hydrogen-bond acceptors (Lipinski definition) is 2. The van der Waals surface area contributed by atoms with Crippen LogP contribution in [-0.4, -0.2) is 16.1 Å². The van der Waals surface area contributed by atoms with E-state index in [2.05, 4.69) is 5.10 Å². The van der Waals surface area contributed by atoms with E-state index < -0.39 is 0 Å². The van der Waals surface area contributed by atoms with E-state index in [-0.39, 0.29) is 0 Å². The average molecular weight is 200 g/mol. The first kappa shape index (κ1) is 9.65. The van der Waals surface area contributed by atoms with Crippen molar-refractivity contribution < 1.29 is 4.79 Å². The Kier molecular flexibility index (Phi) is 2.37. The van der Waals surface area contributed by atoms with Crippen molar-refractivity contribution in [1.82, 2.24) is 9.78 Å². The van der Waals surface area contributed by atoms with Gasteiger partial charge in [0.05, 0.1) is 5.69 Å². The smallest absolute Gasteiger partial charge is 0.152 e. The fourth-order valence-electron chi connectivity index (χ4n) is 1.71. The molecular weight excluding hydrogens is 188 g/mol. The van der Waals surface area contributed by atoms with E-state index in [9.17, 15) is 4.79 Å². The summed E-state index contributed by atoms with van der Waals surface area (Å²) >= 11 is 0. The summed E-state index contributed by atoms with van der Waals surface area (Å²) in [6.45, 7) is 3.94. The lowest BCUT2D eigenvalue weighted by Gasteiger charge is -2.09. The Labute approximate surface area is 88.4 Å². The van der Waals surface area contributed by atoms with Crippen LogP contribution in [0.25, 0.3) is 5.69 Å². The number of aromatic nitrogens is 2. The first-order chi connectivity index (χ1) is 7.22. The average Bonchev–Trinajstić information content (AvgIpc) is 2.69. The molecule has 0 aliphatic heterocycles. The van der Waals surface area contributed by atoms with Crippen LogP contribution in [-0.2, 0) is 0 Å². The maximum absolute atomic E-state index is 11.0. The Morgan fingerprint density at radius 2 is 2.13 bits per heavy atom. The summed E-state index contributed by atoms with van der Waals surface area (Å²) in [4.78, 5) is 11.0. The van der Waals surface area contributed by atoms with Crippen molar-refractivity contribution in [3.63, 3.8) is 0 Å². The molecule has 15 heavy (non-hydrogen) atoms. The minimum Gasteiger partial charge on any atom is -0.298 e. The molecule has 0 aliphatic rings. The van der Waals surface area contributed by atoms with Gasteiger partial charge in [0, 0.05) is 18.0 Å². The van der Waals surface area contributed by atoms with Gasteiger partial charge in [0.1, 0.15) is 0 Å². The van der Waals surface area contributed by atoms with Crippen LogP contribution in [0.5, 0.6) is 0 Å². The van der Waals surface area contributed by atoms with Gasteiger partial charge >= 0.3 is 0 Å². The SMILES string of the molecule is Cc1cc(C)c(C=O)c(-n2cccn2)c1. The molecule has 0 N–H and O–H groups in total. The summed E-state index contributed by atoms with van der Waals surface area (Å²) < 4.78 is 1.71. The highest BCUT2D eigenvalue weighted by Crippen LogP contribution is 2.18. The zero-order chi connectivity index (χ0) is 10.8. The van der Waals surface area contributed by atoms with E-state index in [0.717, 1.165) is 23.1 Å². The van der Waals surface area contributed by atoms with Gasteiger partial charge in [-0.05, 0) is 37.1 Å². The number of aryl methyl sites for hydroxylation is 2. The molecule has 0 amide bonds. The first-order valence-electron chi connectivity index (χ1n) is 4.79. The molecule has 0 saturated heterocycles. The summed E-state index contributed by atoms with van der Waals surface area (Å²) in [6, 6.07) is 5.80. The van der Waals surface area contributed by atoms with Crippen molar-refractivity contribution in [3.05, 3.63) is 47.3 Å². The van der Waals surface area contributed by atoms with E-state index in [1.165, 1.54) is 0 Å². The van der Waals surface area contributed by atoms with Crippen LogP contribution in [0.15, 0.2) is 30.6 Å². The second-order valence-electron chi connectivity index (χ2n) is 3.58. The van der Waals surface area contributed by atoms with Gasteiger partial charge in [-0.2, -0.15) is 5.10 Å². The van der Waals surface area contributed by atoms with Crippen molar-refractivity contribution in [2.45, 2.75) is 13.8 Å². The Hall–Kier alpha value is -1.90. The summed E-state index contributed by atoms with van der Waals surface area (Å²) in [6.07, 6.45) is 4.42. The number of carbonyl (C=O) groups is 1. The normalized spacial score (nSPS) is 10.3. The molecule has 3 nitrogen and oxygen atoms in total. The van der Waals surface area contributed by atoms with Crippen molar-refractivity contribution >= 4 is 6.29 Å². The number of aldehydes is 1. The highest BCUT2D eigenvalue weighted by molar-refractivity contribution is 5.83. The van der Waals surface area contributed by atoms with Gasteiger partial charge < -0.3 is 0 Å². The zero-order valence-corrected chi connectivity index (χ0v) is 8.77. The van der Waals surface area contributed by atoms with Crippen molar-refractivity contribution in [1.29, 1.82) is 0 Å². The third-order valence-corrected chi connectivity index (χ3v) is 2.38. The van der Waals surface area contributed by atoms with Gasteiger partial charge in [0.25, 0.3) is 0 Å². The molecule has 1 heterocycles. The molecule has 76 valence electrons. The van der Waals surface area contributed by atoms with Crippen LogP contribution in [0.3, 0.4) is 0 Å². The van der Waals surface area contributed by atoms with E-state index >= 15 is 0 Å². The highest BCUT2D eigenvalue weighted by Gasteiger charge is 2.07. The molecule has 0 radical (unpaired) electrons. The molecule has 0 saturated carbocycles. The molecule has 0 bridgehead atoms. The monoisotopic (exact) mass is 200 g/mol. The minimum atomic E-state index is 0.698. The van der Waals surface area contributed by atoms with Gasteiger partial charge in [-0.3, -0.25) is 4.79 Å². The van der Waals surface area contributed by atoms with Crippen molar-refractivity contribution in [2.24, 2.45) is 0 Å². The van der Waals surface area contributed by atoms with Gasteiger partial charge in [-0.15, -0.1) is 0 Å². The number of hydrogen-bond donors (Lipinski definition) is 0. The quantitative estimate of drug-likeness (QED) is 0.697. The largest absolute Gasteiger partial charge is 0.298 e. The molecule has 2 rings (SSSR count). The van der Waals surface area contributed by atoms with Crippen LogP contribution < -0.4 is 0 Å². The highest BCUT2D eigenvalue weighted by atomic mass is 16.1. The lowest BCUT2D eigenvalue weighted by atomic mass is 10.0. The minimum absolute atomic E-state index is 0.698. The summed E-state index contributed by atoms with van der Waals surface area (Å²) in [5.74, 6) is 0. The lowest BCUT2D eigenvalue weighted by molar-refractivity contribution is 0.112. The Bertz CT molecular complexity index is 487. The zero-order valence-electron chi connectivity index (χ0n) is 8.77. The number of rotatable bonds is 2. The predicted octanol–water partition coefficient (Wildman–Crippen LogP) is 2.30. The Balaban J connectivity index is 2.69. The van der Waals surface area contributed by atoms with Crippen molar-refractivity contribution in [3.8, 4) is 5.69 Å². The number of benzene rings is 1. The summed E-state index contributed by atoms with van der Waals surface area (Å²) in [5, 5.41) is 4.14. The molecule has 0 unspecified atom stereocenters. The molecule has 2 aromatic rings. The standard InChI is InChI=1S/C12H12N2O/c1-9-6-10(2)11(8-15)12(7-9)14-5-3-4-13-14/h3-8H,1-2H3. The van der Waals surface area contributed by atoms with Crippen LogP contribution in [0, 0.1) is 13.8 Å². The molecule has 0 aliphatic carbocycles. The molecule has 1 aromatic carbocycles. The van der Waals surface area contributed by atoms with E-state index in [0.29, 0.717) is 5.56 Å². The number of carbonyl (C=O) groups excluding carboxylic acids is 1. The van der Waals surface area contributed by atoms with Gasteiger partial charge in [-0.1, -0.05) is 6.07 Å². The molecular formula is C12H12N2O. The van der Waals surface area contributed by atoms with Gasteiger partial charge in [-0.25, -0.2) is 4.68 Å². The fourth-order valence-corrected chi connectivity index (χ4v) is 1.71. The third kappa shape index (κ3) is 1.68. The maximum Gasteiger partial charge on any atom is 0.152 e. The molecule has 3 heteroatoms. The van der Waals surface area contributed by atoms with Gasteiger partial charge in [0.2, 0.25) is 0 Å². The number of nitrogens with zero attached hydrogens (tertiary/aromatic N) is 2. The second kappa shape index (κ2) is 3.69. The lowest BCUT2D eigenvalue weighted by Crippen LogP contribution is -2.02. The van der Waals surface area contributed by atoms with Crippen LogP contribution in [0.2, 0.25) is 0 Å². The van der Waals surface area contributed by atoms with Crippen LogP contribution in [0.1, 0.15) is 21.5 Å². The second-order valence-corrected chi connectivity index (χ2v) is 3.58. The molecule has 0 spiro atoms. The Morgan fingerprint density at radius 1 is 1.33 bits per heavy atom. The van der Waals surface area contributed by atoms with E-state index in [1.807, 2.05) is 38.2 Å². The maximum atomic E-state index is 11.0. The summed E-state index contributed by atoms with van der Waals surface area (Å²) in [7, 11) is 0. The van der Waals surface area contributed by atoms with E-state index in [4.69, 9.17) is 0 Å². The van der Waals surface area contributed by atoms with Crippen LogP contribution in [0.4, 0.5) is 0 Å². The molecule has 1 aromatic heterocycles.